The van der Waals surface area contributed by atoms with Crippen LogP contribution in [-0.2, 0) is 0 Å². The van der Waals surface area contributed by atoms with Crippen LogP contribution in [0.25, 0.3) is 10.4 Å². The Bertz CT molecular complexity index is 167. The van der Waals surface area contributed by atoms with E-state index in [0.29, 0.717) is 6.54 Å². The molecule has 0 aromatic heterocycles. The third-order valence-electron chi connectivity index (χ3n) is 1.96. The van der Waals surface area contributed by atoms with E-state index in [1.165, 1.54) is 6.42 Å². The molecule has 0 spiro atoms. The molecule has 0 atom stereocenters. The number of rotatable bonds is 5. The van der Waals surface area contributed by atoms with Crippen LogP contribution in [0, 0.1) is 11.3 Å². The van der Waals surface area contributed by atoms with Crippen molar-refractivity contribution in [3.63, 3.8) is 0 Å². The van der Waals surface area contributed by atoms with E-state index in [9.17, 15) is 0 Å². The summed E-state index contributed by atoms with van der Waals surface area (Å²) in [4.78, 5) is 2.77. The fourth-order valence-corrected chi connectivity index (χ4v) is 0.982. The van der Waals surface area contributed by atoms with Gasteiger partial charge in [-0.2, -0.15) is 0 Å². The largest absolute Gasteiger partial charge is 0.0934 e. The van der Waals surface area contributed by atoms with Crippen LogP contribution < -0.4 is 0 Å². The second-order valence-corrected chi connectivity index (χ2v) is 4.49. The van der Waals surface area contributed by atoms with Crippen LogP contribution in [0.4, 0.5) is 0 Å². The summed E-state index contributed by atoms with van der Waals surface area (Å²) >= 11 is 0. The van der Waals surface area contributed by atoms with Crippen molar-refractivity contribution < 1.29 is 0 Å². The molecule has 0 aliphatic carbocycles. The third-order valence-corrected chi connectivity index (χ3v) is 1.96. The van der Waals surface area contributed by atoms with E-state index in [-0.39, 0.29) is 5.41 Å². The van der Waals surface area contributed by atoms with Gasteiger partial charge >= 0.3 is 0 Å². The highest BCUT2D eigenvalue weighted by atomic mass is 15.1. The average Bonchev–Trinajstić information content (AvgIpc) is 1.98. The minimum absolute atomic E-state index is 0.163. The number of azide groups is 1. The summed E-state index contributed by atoms with van der Waals surface area (Å²) < 4.78 is 0. The van der Waals surface area contributed by atoms with Crippen molar-refractivity contribution in [3.8, 4) is 0 Å². The van der Waals surface area contributed by atoms with Gasteiger partial charge in [-0.25, -0.2) is 0 Å². The Morgan fingerprint density at radius 2 is 2.00 bits per heavy atom. The summed E-state index contributed by atoms with van der Waals surface area (Å²) in [5, 5.41) is 3.60. The van der Waals surface area contributed by atoms with Crippen molar-refractivity contribution in [1.29, 1.82) is 0 Å². The highest BCUT2D eigenvalue weighted by Gasteiger charge is 2.16. The zero-order valence-corrected chi connectivity index (χ0v) is 8.54. The molecule has 0 fully saturated rings. The van der Waals surface area contributed by atoms with Crippen molar-refractivity contribution >= 4 is 0 Å². The van der Waals surface area contributed by atoms with Crippen LogP contribution in [0.1, 0.15) is 40.5 Å². The average molecular weight is 169 g/mol. The Morgan fingerprint density at radius 3 is 2.42 bits per heavy atom. The topological polar surface area (TPSA) is 48.8 Å². The van der Waals surface area contributed by atoms with Gasteiger partial charge in [0.25, 0.3) is 0 Å². The van der Waals surface area contributed by atoms with Crippen molar-refractivity contribution in [2.45, 2.75) is 40.5 Å². The van der Waals surface area contributed by atoms with E-state index in [4.69, 9.17) is 5.53 Å². The standard InChI is InChI=1S/C9H19N3/c1-8(2)5-6-9(3,4)7-11-12-10/h8H,5-7H2,1-4H3. The third kappa shape index (κ3) is 6.05. The predicted octanol–water partition coefficient (Wildman–Crippen LogP) is 3.76. The lowest BCUT2D eigenvalue weighted by molar-refractivity contribution is 0.314. The molecule has 0 aliphatic rings. The fraction of sp³-hybridized carbons (Fsp3) is 1.00. The molecule has 0 bridgehead atoms. The van der Waals surface area contributed by atoms with Gasteiger partial charge in [0.05, 0.1) is 0 Å². The molecule has 0 amide bonds. The highest BCUT2D eigenvalue weighted by Crippen LogP contribution is 2.24. The van der Waals surface area contributed by atoms with Gasteiger partial charge in [-0.15, -0.1) is 0 Å². The zero-order chi connectivity index (χ0) is 9.61. The molecule has 0 aromatic carbocycles. The maximum absolute atomic E-state index is 8.17. The van der Waals surface area contributed by atoms with E-state index in [0.717, 1.165) is 12.3 Å². The lowest BCUT2D eigenvalue weighted by Crippen LogP contribution is -2.15. The molecule has 0 saturated heterocycles. The molecule has 0 aromatic rings. The molecule has 0 aliphatic heterocycles. The van der Waals surface area contributed by atoms with E-state index in [1.807, 2.05) is 0 Å². The van der Waals surface area contributed by atoms with Gasteiger partial charge in [0, 0.05) is 11.5 Å². The number of hydrogen-bond acceptors (Lipinski definition) is 1. The quantitative estimate of drug-likeness (QED) is 0.342. The van der Waals surface area contributed by atoms with Crippen molar-refractivity contribution in [1.82, 2.24) is 0 Å². The summed E-state index contributed by atoms with van der Waals surface area (Å²) in [6.45, 7) is 9.32. The Hall–Kier alpha value is -0.690. The fourth-order valence-electron chi connectivity index (χ4n) is 0.982. The van der Waals surface area contributed by atoms with Gasteiger partial charge in [0.2, 0.25) is 0 Å². The molecule has 0 radical (unpaired) electrons. The minimum Gasteiger partial charge on any atom is -0.0934 e. The lowest BCUT2D eigenvalue weighted by Gasteiger charge is -2.22. The van der Waals surface area contributed by atoms with Crippen LogP contribution in [0.2, 0.25) is 0 Å². The SMILES string of the molecule is CC(C)CCC(C)(C)CN=[N+]=[N-]. The first-order chi connectivity index (χ1) is 5.48. The zero-order valence-electron chi connectivity index (χ0n) is 8.54. The smallest absolute Gasteiger partial charge is 0.0309 e. The maximum atomic E-state index is 8.17. The molecule has 0 heterocycles. The van der Waals surface area contributed by atoms with Gasteiger partial charge in [-0.05, 0) is 23.3 Å². The molecule has 3 nitrogen and oxygen atoms in total. The summed E-state index contributed by atoms with van der Waals surface area (Å²) in [5.74, 6) is 0.732. The minimum atomic E-state index is 0.163. The normalized spacial score (nSPS) is 11.4. The molecule has 12 heavy (non-hydrogen) atoms. The van der Waals surface area contributed by atoms with E-state index >= 15 is 0 Å². The predicted molar refractivity (Wildman–Crippen MR) is 51.9 cm³/mol. The van der Waals surface area contributed by atoms with Gasteiger partial charge in [0.1, 0.15) is 0 Å². The Morgan fingerprint density at radius 1 is 1.42 bits per heavy atom. The first kappa shape index (κ1) is 11.3. The molecule has 0 unspecified atom stereocenters. The van der Waals surface area contributed by atoms with Crippen LogP contribution in [0.5, 0.6) is 0 Å². The molecular weight excluding hydrogens is 150 g/mol. The molecular formula is C9H19N3. The Kier molecular flexibility index (Phi) is 4.75. The summed E-state index contributed by atoms with van der Waals surface area (Å²) in [6.07, 6.45) is 2.33. The Balaban J connectivity index is 3.78. The van der Waals surface area contributed by atoms with Gasteiger partial charge in [0.15, 0.2) is 0 Å². The maximum Gasteiger partial charge on any atom is 0.0309 e. The van der Waals surface area contributed by atoms with Crippen LogP contribution >= 0.6 is 0 Å². The first-order valence-corrected chi connectivity index (χ1v) is 4.49. The lowest BCUT2D eigenvalue weighted by atomic mass is 9.85. The summed E-state index contributed by atoms with van der Waals surface area (Å²) in [7, 11) is 0. The van der Waals surface area contributed by atoms with Crippen molar-refractivity contribution in [2.24, 2.45) is 16.4 Å². The van der Waals surface area contributed by atoms with Gasteiger partial charge in [-0.3, -0.25) is 0 Å². The number of nitrogens with zero attached hydrogens (tertiary/aromatic N) is 3. The van der Waals surface area contributed by atoms with Crippen LogP contribution in [0.15, 0.2) is 5.11 Å². The first-order valence-electron chi connectivity index (χ1n) is 4.49. The second-order valence-electron chi connectivity index (χ2n) is 4.49. The highest BCUT2D eigenvalue weighted by molar-refractivity contribution is 4.72. The van der Waals surface area contributed by atoms with Crippen LogP contribution in [0.3, 0.4) is 0 Å². The van der Waals surface area contributed by atoms with Gasteiger partial charge in [-0.1, -0.05) is 39.2 Å². The van der Waals surface area contributed by atoms with Crippen molar-refractivity contribution in [2.75, 3.05) is 6.54 Å². The summed E-state index contributed by atoms with van der Waals surface area (Å²) in [6, 6.07) is 0. The molecule has 0 N–H and O–H groups in total. The van der Waals surface area contributed by atoms with E-state index in [1.54, 1.807) is 0 Å². The number of hydrogen-bond donors (Lipinski definition) is 0. The second kappa shape index (κ2) is 5.04. The van der Waals surface area contributed by atoms with E-state index in [2.05, 4.69) is 37.7 Å². The van der Waals surface area contributed by atoms with Crippen molar-refractivity contribution in [3.05, 3.63) is 10.4 Å². The molecule has 0 rings (SSSR count). The molecule has 3 heteroatoms. The monoisotopic (exact) mass is 169 g/mol. The van der Waals surface area contributed by atoms with Gasteiger partial charge < -0.3 is 0 Å². The Labute approximate surface area is 74.8 Å². The molecule has 70 valence electrons. The molecule has 0 saturated carbocycles. The van der Waals surface area contributed by atoms with E-state index < -0.39 is 0 Å². The summed E-state index contributed by atoms with van der Waals surface area (Å²) in [5.41, 5.74) is 8.33. The van der Waals surface area contributed by atoms with Crippen LogP contribution in [-0.4, -0.2) is 6.54 Å².